The summed E-state index contributed by atoms with van der Waals surface area (Å²) in [6.45, 7) is 2.18. The van der Waals surface area contributed by atoms with Gasteiger partial charge in [-0.3, -0.25) is 0 Å². The minimum Gasteiger partial charge on any atom is -0.349 e. The first-order valence-electron chi connectivity index (χ1n) is 5.53. The Labute approximate surface area is 101 Å². The van der Waals surface area contributed by atoms with Gasteiger partial charge in [-0.25, -0.2) is 0 Å². The number of para-hydroxylation sites is 1. The number of halogens is 1. The summed E-state index contributed by atoms with van der Waals surface area (Å²) in [6.07, 6.45) is 3.19. The van der Waals surface area contributed by atoms with Crippen molar-refractivity contribution >= 4 is 22.5 Å². The van der Waals surface area contributed by atoms with E-state index < -0.39 is 0 Å². The maximum Gasteiger partial charge on any atom is 0.0669 e. The molecule has 0 aliphatic carbocycles. The second-order valence-corrected chi connectivity index (χ2v) is 4.70. The summed E-state index contributed by atoms with van der Waals surface area (Å²) < 4.78 is 2.11. The van der Waals surface area contributed by atoms with Crippen LogP contribution < -0.4 is 5.32 Å². The van der Waals surface area contributed by atoms with E-state index in [2.05, 4.69) is 29.1 Å². The molecule has 0 bridgehead atoms. The molecule has 0 aliphatic heterocycles. The molecule has 1 unspecified atom stereocenters. The first-order chi connectivity index (χ1) is 7.63. The summed E-state index contributed by atoms with van der Waals surface area (Å²) in [7, 11) is 4.03. The van der Waals surface area contributed by atoms with Crippen molar-refractivity contribution in [1.82, 2.24) is 9.88 Å². The van der Waals surface area contributed by atoms with Crippen molar-refractivity contribution in [3.63, 3.8) is 0 Å². The quantitative estimate of drug-likeness (QED) is 0.867. The fourth-order valence-electron chi connectivity index (χ4n) is 2.10. The van der Waals surface area contributed by atoms with Crippen LogP contribution in [0.25, 0.3) is 10.9 Å². The third kappa shape index (κ3) is 1.95. The highest BCUT2D eigenvalue weighted by Crippen LogP contribution is 2.27. The lowest BCUT2D eigenvalue weighted by Gasteiger charge is -2.08. The van der Waals surface area contributed by atoms with Crippen LogP contribution in [0.1, 0.15) is 12.5 Å². The van der Waals surface area contributed by atoms with Crippen LogP contribution in [0.5, 0.6) is 0 Å². The summed E-state index contributed by atoms with van der Waals surface area (Å²) in [5.41, 5.74) is 2.48. The number of aromatic nitrogens is 1. The van der Waals surface area contributed by atoms with Gasteiger partial charge in [-0.15, -0.1) is 0 Å². The number of benzene rings is 1. The van der Waals surface area contributed by atoms with Crippen molar-refractivity contribution in [2.45, 2.75) is 19.4 Å². The van der Waals surface area contributed by atoms with E-state index in [1.54, 1.807) is 0 Å². The van der Waals surface area contributed by atoms with Crippen molar-refractivity contribution in [3.8, 4) is 0 Å². The van der Waals surface area contributed by atoms with Crippen molar-refractivity contribution in [2.24, 2.45) is 7.05 Å². The molecule has 3 heteroatoms. The van der Waals surface area contributed by atoms with E-state index in [9.17, 15) is 0 Å². The minimum absolute atomic E-state index is 0.476. The van der Waals surface area contributed by atoms with E-state index in [-0.39, 0.29) is 0 Å². The fraction of sp³-hybridized carbons (Fsp3) is 0.385. The van der Waals surface area contributed by atoms with Crippen LogP contribution >= 0.6 is 11.6 Å². The van der Waals surface area contributed by atoms with Gasteiger partial charge in [0, 0.05) is 24.7 Å². The molecular formula is C13H17ClN2. The third-order valence-electron chi connectivity index (χ3n) is 3.05. The van der Waals surface area contributed by atoms with Crippen LogP contribution in [-0.2, 0) is 13.5 Å². The Hall–Kier alpha value is -0.990. The second-order valence-electron chi connectivity index (χ2n) is 4.30. The number of hydrogen-bond acceptors (Lipinski definition) is 1. The van der Waals surface area contributed by atoms with E-state index in [1.165, 1.54) is 10.9 Å². The van der Waals surface area contributed by atoms with Gasteiger partial charge >= 0.3 is 0 Å². The van der Waals surface area contributed by atoms with E-state index in [0.717, 1.165) is 17.0 Å². The van der Waals surface area contributed by atoms with Gasteiger partial charge < -0.3 is 9.88 Å². The fourth-order valence-corrected chi connectivity index (χ4v) is 2.40. The Morgan fingerprint density at radius 1 is 1.44 bits per heavy atom. The van der Waals surface area contributed by atoms with Gasteiger partial charge in [0.05, 0.1) is 10.5 Å². The predicted octanol–water partition coefficient (Wildman–Crippen LogP) is 2.98. The summed E-state index contributed by atoms with van der Waals surface area (Å²) >= 11 is 6.21. The van der Waals surface area contributed by atoms with Crippen LogP contribution in [0, 0.1) is 0 Å². The molecule has 0 saturated heterocycles. The monoisotopic (exact) mass is 236 g/mol. The highest BCUT2D eigenvalue weighted by atomic mass is 35.5. The molecule has 2 aromatic rings. The average Bonchev–Trinajstić information content (AvgIpc) is 2.57. The van der Waals surface area contributed by atoms with Gasteiger partial charge in [-0.1, -0.05) is 23.7 Å². The predicted molar refractivity (Wildman–Crippen MR) is 70.2 cm³/mol. The molecule has 1 atom stereocenters. The van der Waals surface area contributed by atoms with Gasteiger partial charge in [0.25, 0.3) is 0 Å². The normalized spacial score (nSPS) is 13.2. The molecule has 0 fully saturated rings. The van der Waals surface area contributed by atoms with Crippen LogP contribution in [-0.4, -0.2) is 17.7 Å². The highest BCUT2D eigenvalue weighted by Gasteiger charge is 2.10. The topological polar surface area (TPSA) is 17.0 Å². The Morgan fingerprint density at radius 3 is 2.88 bits per heavy atom. The lowest BCUT2D eigenvalue weighted by Crippen LogP contribution is -2.23. The molecule has 0 radical (unpaired) electrons. The number of aryl methyl sites for hydroxylation is 1. The number of likely N-dealkylation sites (N-methyl/N-ethyl adjacent to an activating group) is 1. The maximum absolute atomic E-state index is 6.21. The summed E-state index contributed by atoms with van der Waals surface area (Å²) in [6, 6.07) is 6.57. The standard InChI is InChI=1S/C13H17ClN2/c1-9(15-2)7-10-8-16(3)13-11(10)5-4-6-12(13)14/h4-6,8-9,15H,7H2,1-3H3. The molecule has 0 amide bonds. The van der Waals surface area contributed by atoms with Crippen molar-refractivity contribution in [2.75, 3.05) is 7.05 Å². The smallest absolute Gasteiger partial charge is 0.0669 e. The zero-order chi connectivity index (χ0) is 11.7. The summed E-state index contributed by atoms with van der Waals surface area (Å²) in [5, 5.41) is 5.34. The molecule has 1 aromatic carbocycles. The summed E-state index contributed by atoms with van der Waals surface area (Å²) in [5.74, 6) is 0. The van der Waals surface area contributed by atoms with Crippen LogP contribution in [0.3, 0.4) is 0 Å². The molecule has 0 spiro atoms. The molecule has 2 nitrogen and oxygen atoms in total. The molecular weight excluding hydrogens is 220 g/mol. The SMILES string of the molecule is CNC(C)Cc1cn(C)c2c(Cl)cccc12. The Balaban J connectivity index is 2.51. The van der Waals surface area contributed by atoms with Crippen molar-refractivity contribution in [1.29, 1.82) is 0 Å². The van der Waals surface area contributed by atoms with E-state index in [4.69, 9.17) is 11.6 Å². The zero-order valence-electron chi connectivity index (χ0n) is 9.92. The molecule has 1 aromatic heterocycles. The van der Waals surface area contributed by atoms with Gasteiger partial charge in [-0.2, -0.15) is 0 Å². The average molecular weight is 237 g/mol. The van der Waals surface area contributed by atoms with Crippen LogP contribution in [0.4, 0.5) is 0 Å². The molecule has 0 saturated carbocycles. The Bertz CT molecular complexity index is 502. The number of fused-ring (bicyclic) bond motifs is 1. The highest BCUT2D eigenvalue weighted by molar-refractivity contribution is 6.35. The Kier molecular flexibility index (Phi) is 3.22. The zero-order valence-corrected chi connectivity index (χ0v) is 10.7. The Morgan fingerprint density at radius 2 is 2.19 bits per heavy atom. The molecule has 2 rings (SSSR count). The van der Waals surface area contributed by atoms with E-state index in [1.807, 2.05) is 26.2 Å². The number of rotatable bonds is 3. The molecule has 1 N–H and O–H groups in total. The number of nitrogens with one attached hydrogen (secondary N) is 1. The van der Waals surface area contributed by atoms with Crippen molar-refractivity contribution in [3.05, 3.63) is 35.0 Å². The van der Waals surface area contributed by atoms with Gasteiger partial charge in [0.15, 0.2) is 0 Å². The summed E-state index contributed by atoms with van der Waals surface area (Å²) in [4.78, 5) is 0. The lowest BCUT2D eigenvalue weighted by atomic mass is 10.1. The minimum atomic E-state index is 0.476. The van der Waals surface area contributed by atoms with Crippen LogP contribution in [0.2, 0.25) is 5.02 Å². The first kappa shape index (κ1) is 11.5. The van der Waals surface area contributed by atoms with Gasteiger partial charge in [0.2, 0.25) is 0 Å². The van der Waals surface area contributed by atoms with Crippen molar-refractivity contribution < 1.29 is 0 Å². The number of nitrogens with zero attached hydrogens (tertiary/aromatic N) is 1. The van der Waals surface area contributed by atoms with E-state index in [0.29, 0.717) is 6.04 Å². The largest absolute Gasteiger partial charge is 0.349 e. The molecule has 86 valence electrons. The lowest BCUT2D eigenvalue weighted by molar-refractivity contribution is 0.609. The molecule has 0 aliphatic rings. The third-order valence-corrected chi connectivity index (χ3v) is 3.36. The molecule has 16 heavy (non-hydrogen) atoms. The van der Waals surface area contributed by atoms with E-state index >= 15 is 0 Å². The second kappa shape index (κ2) is 4.48. The maximum atomic E-state index is 6.21. The van der Waals surface area contributed by atoms with Crippen LogP contribution in [0.15, 0.2) is 24.4 Å². The van der Waals surface area contributed by atoms with Gasteiger partial charge in [0.1, 0.15) is 0 Å². The number of hydrogen-bond donors (Lipinski definition) is 1. The molecule has 1 heterocycles. The first-order valence-corrected chi connectivity index (χ1v) is 5.91. The van der Waals surface area contributed by atoms with Gasteiger partial charge in [-0.05, 0) is 32.0 Å².